The number of nitrogens with zero attached hydrogens (tertiary/aromatic N) is 6. The highest BCUT2D eigenvalue weighted by molar-refractivity contribution is 7.95. The molecule has 68 heavy (non-hydrogen) atoms. The SMILES string of the molecule is COC1CC(N=NC2CCC3C(C2)CC(SOOO)CC3S(=O)(=O)O)CCC1N=NC1CC(OC)C(N=NC2C(SOOO)CC3CC(NC4NC(N)NC(N)N4)CCC3C2O)CC1SOOO. The van der Waals surface area contributed by atoms with Crippen LogP contribution in [-0.2, 0) is 47.7 Å². The average Bonchev–Trinajstić information content (AvgIpc) is 3.32. The second kappa shape index (κ2) is 26.3. The van der Waals surface area contributed by atoms with Crippen molar-refractivity contribution in [3.8, 4) is 0 Å². The Morgan fingerprint density at radius 1 is 0.603 bits per heavy atom. The van der Waals surface area contributed by atoms with Gasteiger partial charge in [0.25, 0.3) is 10.1 Å². The third kappa shape index (κ3) is 14.6. The minimum Gasteiger partial charge on any atom is -0.390 e. The maximum absolute atomic E-state index is 12.3. The molecule has 20 unspecified atom stereocenters. The van der Waals surface area contributed by atoms with Gasteiger partial charge >= 0.3 is 0 Å². The van der Waals surface area contributed by atoms with Gasteiger partial charge in [0.05, 0.1) is 64.3 Å². The first-order valence-electron chi connectivity index (χ1n) is 23.2. The van der Waals surface area contributed by atoms with Gasteiger partial charge in [-0.15, -0.1) is 13.0 Å². The van der Waals surface area contributed by atoms with Crippen LogP contribution in [0.4, 0.5) is 0 Å². The Labute approximate surface area is 407 Å². The van der Waals surface area contributed by atoms with Crippen molar-refractivity contribution in [1.29, 1.82) is 0 Å². The van der Waals surface area contributed by atoms with E-state index in [-0.39, 0.29) is 71.9 Å². The second-order valence-electron chi connectivity index (χ2n) is 18.9. The molecule has 20 atom stereocenters. The summed E-state index contributed by atoms with van der Waals surface area (Å²) in [5.74, 6) is -0.181. The molecule has 0 bridgehead atoms. The first kappa shape index (κ1) is 54.8. The summed E-state index contributed by atoms with van der Waals surface area (Å²) in [5.41, 5.74) is 12.0. The molecule has 1 heterocycles. The summed E-state index contributed by atoms with van der Waals surface area (Å²) in [5, 5.41) is 89.7. The van der Waals surface area contributed by atoms with Crippen LogP contribution in [0.5, 0.6) is 0 Å². The molecule has 6 saturated carbocycles. The van der Waals surface area contributed by atoms with E-state index in [4.69, 9.17) is 76.1 Å². The standard InChI is InChI=1S/C37H68N12O15S4/c1-57-28-13-21(45-44-20-4-6-23-17(10-20)11-22(65-62-59-51)14-32(23)68(54,55)56)5-8-25(28)46-48-27-15-29(58-2)26(16-30(27)66-63-60-52)47-49-33-31(67-64-61-53)12-18-9-19(3-7-24(18)34(33)50)40-37-42-35(38)41-36(39)43-37/h17-37,40-43,50-53H,3-16,38-39H2,1-2H3,(H,54,55,56). The monoisotopic (exact) mass is 1050 g/mol. The molecule has 390 valence electrons. The van der Waals surface area contributed by atoms with E-state index in [1.54, 1.807) is 14.2 Å². The Balaban J connectivity index is 0.940. The van der Waals surface area contributed by atoms with Gasteiger partial charge in [0.2, 0.25) is 0 Å². The van der Waals surface area contributed by atoms with Crippen LogP contribution in [0.25, 0.3) is 0 Å². The molecule has 0 aromatic rings. The third-order valence-electron chi connectivity index (χ3n) is 15.0. The lowest BCUT2D eigenvalue weighted by atomic mass is 9.66. The Morgan fingerprint density at radius 3 is 1.90 bits per heavy atom. The molecule has 0 aromatic heterocycles. The molecule has 27 nitrogen and oxygen atoms in total. The number of methoxy groups -OCH3 is 2. The largest absolute Gasteiger partial charge is 0.390 e. The van der Waals surface area contributed by atoms with Gasteiger partial charge in [0.15, 0.2) is 0 Å². The highest BCUT2D eigenvalue weighted by Crippen LogP contribution is 2.48. The van der Waals surface area contributed by atoms with Crippen molar-refractivity contribution in [2.75, 3.05) is 14.2 Å². The number of aliphatic hydroxyl groups is 1. The fourth-order valence-corrected chi connectivity index (χ4v) is 15.4. The molecule has 1 aliphatic heterocycles. The number of rotatable bonds is 20. The first-order chi connectivity index (χ1) is 32.8. The molecule has 0 spiro atoms. The van der Waals surface area contributed by atoms with Crippen molar-refractivity contribution in [2.45, 2.75) is 190 Å². The number of azo groups is 3. The number of hydrogen-bond acceptors (Lipinski definition) is 29. The van der Waals surface area contributed by atoms with Gasteiger partial charge in [-0.25, -0.2) is 15.8 Å². The van der Waals surface area contributed by atoms with Gasteiger partial charge in [-0.3, -0.25) is 25.8 Å². The summed E-state index contributed by atoms with van der Waals surface area (Å²) in [6.45, 7) is 0. The van der Waals surface area contributed by atoms with Gasteiger partial charge in [0.1, 0.15) is 24.9 Å². The topological polar surface area (TPSA) is 383 Å². The summed E-state index contributed by atoms with van der Waals surface area (Å²) in [6, 6.07) is -1.97. The molecular formula is C37H68N12O15S4. The highest BCUT2D eigenvalue weighted by atomic mass is 32.2. The van der Waals surface area contributed by atoms with Gasteiger partial charge < -0.3 is 26.0 Å². The van der Waals surface area contributed by atoms with Gasteiger partial charge in [0, 0.05) is 68.1 Å². The smallest absolute Gasteiger partial charge is 0.268 e. The fraction of sp³-hybridized carbons (Fsp3) is 1.00. The van der Waals surface area contributed by atoms with Gasteiger partial charge in [-0.2, -0.15) is 39.1 Å². The number of nitrogens with two attached hydrogens (primary N) is 2. The van der Waals surface area contributed by atoms with Crippen molar-refractivity contribution in [2.24, 2.45) is 65.8 Å². The van der Waals surface area contributed by atoms with Crippen LogP contribution in [0.1, 0.15) is 89.9 Å². The van der Waals surface area contributed by atoms with E-state index in [2.05, 4.69) is 40.7 Å². The molecule has 7 fully saturated rings. The Morgan fingerprint density at radius 2 is 1.21 bits per heavy atom. The predicted octanol–water partition coefficient (Wildman–Crippen LogP) is 3.03. The van der Waals surface area contributed by atoms with E-state index in [1.165, 1.54) is 0 Å². The van der Waals surface area contributed by atoms with Crippen molar-refractivity contribution < 1.29 is 71.4 Å². The maximum atomic E-state index is 12.3. The number of fused-ring (bicyclic) bond motifs is 2. The van der Waals surface area contributed by atoms with E-state index in [1.807, 2.05) is 0 Å². The lowest BCUT2D eigenvalue weighted by Gasteiger charge is -2.47. The van der Waals surface area contributed by atoms with Crippen LogP contribution in [0.3, 0.4) is 0 Å². The summed E-state index contributed by atoms with van der Waals surface area (Å²) in [7, 11) is -1.07. The third-order valence-corrected chi connectivity index (χ3v) is 18.8. The zero-order valence-electron chi connectivity index (χ0n) is 37.8. The number of nitrogens with one attached hydrogen (secondary N) is 4. The number of ether oxygens (including phenoxy) is 2. The minimum atomic E-state index is -4.29. The van der Waals surface area contributed by atoms with Crippen LogP contribution < -0.4 is 32.7 Å². The summed E-state index contributed by atoms with van der Waals surface area (Å²) in [4.78, 5) is 0. The lowest BCUT2D eigenvalue weighted by molar-refractivity contribution is -0.432. The fourth-order valence-electron chi connectivity index (χ4n) is 11.8. The van der Waals surface area contributed by atoms with Gasteiger partial charge in [-0.1, -0.05) is 15.1 Å². The molecule has 7 aliphatic rings. The first-order valence-corrected chi connectivity index (χ1v) is 27.1. The van der Waals surface area contributed by atoms with Crippen molar-refractivity contribution >= 4 is 46.2 Å². The summed E-state index contributed by atoms with van der Waals surface area (Å²) in [6.07, 6.45) is 5.40. The van der Waals surface area contributed by atoms with Crippen molar-refractivity contribution in [3.05, 3.63) is 0 Å². The van der Waals surface area contributed by atoms with Crippen molar-refractivity contribution in [3.63, 3.8) is 0 Å². The molecule has 13 N–H and O–H groups in total. The van der Waals surface area contributed by atoms with E-state index < -0.39 is 68.8 Å². The van der Waals surface area contributed by atoms with Crippen LogP contribution in [-0.4, -0.2) is 149 Å². The Hall–Kier alpha value is -0.960. The second-order valence-corrected chi connectivity index (χ2v) is 23.4. The Kier molecular flexibility index (Phi) is 21.2. The molecule has 6 aliphatic carbocycles. The summed E-state index contributed by atoms with van der Waals surface area (Å²) < 4.78 is 60.9. The number of hydrogen-bond donors (Lipinski definition) is 11. The average molecular weight is 1050 g/mol. The summed E-state index contributed by atoms with van der Waals surface area (Å²) >= 11 is 2.62. The number of aliphatic hydroxyl groups excluding tert-OH is 1. The Bertz CT molecular complexity index is 1750. The molecule has 7 rings (SSSR count). The minimum absolute atomic E-state index is 0.0303. The highest BCUT2D eigenvalue weighted by Gasteiger charge is 2.50. The van der Waals surface area contributed by atoms with Crippen LogP contribution in [0, 0.1) is 23.7 Å². The molecular weight excluding hydrogens is 981 g/mol. The molecule has 0 aromatic carbocycles. The van der Waals surface area contributed by atoms with Crippen molar-refractivity contribution in [1.82, 2.24) is 21.3 Å². The zero-order chi connectivity index (χ0) is 48.4. The van der Waals surface area contributed by atoms with Crippen LogP contribution in [0.2, 0.25) is 0 Å². The molecule has 0 amide bonds. The van der Waals surface area contributed by atoms with E-state index in [0.717, 1.165) is 55.4 Å². The van der Waals surface area contributed by atoms with E-state index in [9.17, 15) is 18.1 Å². The predicted molar refractivity (Wildman–Crippen MR) is 243 cm³/mol. The molecule has 0 radical (unpaired) electrons. The normalized spacial score (nSPS) is 44.0. The maximum Gasteiger partial charge on any atom is 0.268 e. The van der Waals surface area contributed by atoms with E-state index in [0.29, 0.717) is 64.2 Å². The van der Waals surface area contributed by atoms with Gasteiger partial charge in [-0.05, 0) is 107 Å². The van der Waals surface area contributed by atoms with E-state index >= 15 is 0 Å². The quantitative estimate of drug-likeness (QED) is 0.0274. The zero-order valence-corrected chi connectivity index (χ0v) is 41.1. The van der Waals surface area contributed by atoms with Crippen LogP contribution >= 0.6 is 36.1 Å². The van der Waals surface area contributed by atoms with Crippen LogP contribution in [0.15, 0.2) is 30.7 Å². The lowest BCUT2D eigenvalue weighted by Crippen LogP contribution is -2.76. The molecule has 31 heteroatoms. The molecule has 1 saturated heterocycles.